The molecular formula is C6H11N3. The van der Waals surface area contributed by atoms with Crippen LogP contribution in [0.3, 0.4) is 0 Å². The Hall–Kier alpha value is -0.590. The van der Waals surface area contributed by atoms with Crippen molar-refractivity contribution in [3.63, 3.8) is 0 Å². The molecule has 0 amide bonds. The molecule has 1 saturated heterocycles. The molecular weight excluding hydrogens is 114 g/mol. The Morgan fingerprint density at radius 3 is 2.67 bits per heavy atom. The van der Waals surface area contributed by atoms with Crippen molar-refractivity contribution in [3.8, 4) is 6.07 Å². The van der Waals surface area contributed by atoms with Crippen molar-refractivity contribution in [2.75, 3.05) is 19.6 Å². The first-order chi connectivity index (χ1) is 4.27. The lowest BCUT2D eigenvalue weighted by Crippen LogP contribution is -2.56. The second-order valence-corrected chi connectivity index (χ2v) is 2.55. The highest BCUT2D eigenvalue weighted by Crippen LogP contribution is 2.00. The smallest absolute Gasteiger partial charge is 0.116 e. The standard InChI is InChI=1S/C6H11N3/c1-6(4-7)5-8-2-3-9-6/h8-9H,2-3,5H2,1H3. The lowest BCUT2D eigenvalue weighted by atomic mass is 10.0. The molecule has 0 saturated carbocycles. The number of rotatable bonds is 0. The van der Waals surface area contributed by atoms with E-state index in [1.165, 1.54) is 0 Å². The van der Waals surface area contributed by atoms with E-state index in [2.05, 4.69) is 16.7 Å². The van der Waals surface area contributed by atoms with E-state index in [0.29, 0.717) is 0 Å². The summed E-state index contributed by atoms with van der Waals surface area (Å²) in [5.41, 5.74) is -0.335. The van der Waals surface area contributed by atoms with E-state index in [1.54, 1.807) is 0 Å². The normalized spacial score (nSPS) is 35.6. The summed E-state index contributed by atoms with van der Waals surface area (Å²) in [5, 5.41) is 14.9. The molecule has 2 N–H and O–H groups in total. The summed E-state index contributed by atoms with van der Waals surface area (Å²) in [7, 11) is 0. The molecule has 1 aliphatic heterocycles. The lowest BCUT2D eigenvalue weighted by molar-refractivity contribution is 0.368. The van der Waals surface area contributed by atoms with Gasteiger partial charge in [0.15, 0.2) is 0 Å². The number of hydrogen-bond donors (Lipinski definition) is 2. The summed E-state index contributed by atoms with van der Waals surface area (Å²) in [6, 6.07) is 2.21. The fourth-order valence-electron chi connectivity index (χ4n) is 0.907. The molecule has 0 bridgehead atoms. The second-order valence-electron chi connectivity index (χ2n) is 2.55. The number of hydrogen-bond acceptors (Lipinski definition) is 3. The zero-order valence-electron chi connectivity index (χ0n) is 5.57. The number of nitriles is 1. The zero-order chi connectivity index (χ0) is 6.74. The van der Waals surface area contributed by atoms with Gasteiger partial charge < -0.3 is 5.32 Å². The molecule has 3 nitrogen and oxygen atoms in total. The van der Waals surface area contributed by atoms with Gasteiger partial charge in [0.25, 0.3) is 0 Å². The van der Waals surface area contributed by atoms with Gasteiger partial charge in [-0.3, -0.25) is 5.32 Å². The highest BCUT2D eigenvalue weighted by molar-refractivity contribution is 5.06. The fraction of sp³-hybridized carbons (Fsp3) is 0.833. The van der Waals surface area contributed by atoms with E-state index < -0.39 is 0 Å². The third kappa shape index (κ3) is 1.41. The number of nitrogens with one attached hydrogen (secondary N) is 2. The summed E-state index contributed by atoms with van der Waals surface area (Å²) < 4.78 is 0. The van der Waals surface area contributed by atoms with Crippen molar-refractivity contribution >= 4 is 0 Å². The average molecular weight is 125 g/mol. The Balaban J connectivity index is 2.49. The molecule has 0 aromatic carbocycles. The maximum Gasteiger partial charge on any atom is 0.116 e. The van der Waals surface area contributed by atoms with Crippen LogP contribution in [0.25, 0.3) is 0 Å². The fourth-order valence-corrected chi connectivity index (χ4v) is 0.907. The minimum absolute atomic E-state index is 0.335. The Morgan fingerprint density at radius 1 is 1.56 bits per heavy atom. The van der Waals surface area contributed by atoms with E-state index in [0.717, 1.165) is 19.6 Å². The van der Waals surface area contributed by atoms with Crippen molar-refractivity contribution in [3.05, 3.63) is 0 Å². The zero-order valence-corrected chi connectivity index (χ0v) is 5.57. The van der Waals surface area contributed by atoms with Crippen LogP contribution in [0, 0.1) is 11.3 Å². The number of nitrogens with zero attached hydrogens (tertiary/aromatic N) is 1. The molecule has 0 spiro atoms. The summed E-state index contributed by atoms with van der Waals surface area (Å²) in [5.74, 6) is 0. The maximum atomic E-state index is 8.60. The van der Waals surface area contributed by atoms with Crippen LogP contribution in [0.15, 0.2) is 0 Å². The third-order valence-corrected chi connectivity index (χ3v) is 1.54. The van der Waals surface area contributed by atoms with Gasteiger partial charge >= 0.3 is 0 Å². The Morgan fingerprint density at radius 2 is 2.33 bits per heavy atom. The van der Waals surface area contributed by atoms with Crippen molar-refractivity contribution in [1.29, 1.82) is 5.26 Å². The summed E-state index contributed by atoms with van der Waals surface area (Å²) in [6.45, 7) is 4.52. The van der Waals surface area contributed by atoms with Crippen LogP contribution in [0.2, 0.25) is 0 Å². The molecule has 1 rings (SSSR count). The molecule has 3 heteroatoms. The van der Waals surface area contributed by atoms with Gasteiger partial charge in [-0.2, -0.15) is 5.26 Å². The van der Waals surface area contributed by atoms with Crippen molar-refractivity contribution in [2.45, 2.75) is 12.5 Å². The Labute approximate surface area is 55.1 Å². The molecule has 1 heterocycles. The van der Waals surface area contributed by atoms with E-state index in [4.69, 9.17) is 5.26 Å². The minimum Gasteiger partial charge on any atom is -0.313 e. The average Bonchev–Trinajstić information content (AvgIpc) is 1.90. The van der Waals surface area contributed by atoms with Crippen LogP contribution in [-0.2, 0) is 0 Å². The molecule has 0 aromatic rings. The van der Waals surface area contributed by atoms with Crippen molar-refractivity contribution in [1.82, 2.24) is 10.6 Å². The lowest BCUT2D eigenvalue weighted by Gasteiger charge is -2.28. The van der Waals surface area contributed by atoms with Gasteiger partial charge in [-0.25, -0.2) is 0 Å². The van der Waals surface area contributed by atoms with E-state index in [-0.39, 0.29) is 5.54 Å². The summed E-state index contributed by atoms with van der Waals surface area (Å²) in [6.07, 6.45) is 0. The summed E-state index contributed by atoms with van der Waals surface area (Å²) >= 11 is 0. The van der Waals surface area contributed by atoms with Crippen LogP contribution in [0.4, 0.5) is 0 Å². The molecule has 0 aromatic heterocycles. The summed E-state index contributed by atoms with van der Waals surface area (Å²) in [4.78, 5) is 0. The molecule has 1 fully saturated rings. The topological polar surface area (TPSA) is 47.9 Å². The van der Waals surface area contributed by atoms with Gasteiger partial charge in [-0.15, -0.1) is 0 Å². The molecule has 1 unspecified atom stereocenters. The van der Waals surface area contributed by atoms with Gasteiger partial charge in [0.1, 0.15) is 5.54 Å². The third-order valence-electron chi connectivity index (χ3n) is 1.54. The minimum atomic E-state index is -0.335. The van der Waals surface area contributed by atoms with Crippen LogP contribution >= 0.6 is 0 Å². The van der Waals surface area contributed by atoms with Gasteiger partial charge in [0, 0.05) is 19.6 Å². The van der Waals surface area contributed by atoms with Crippen LogP contribution < -0.4 is 10.6 Å². The predicted molar refractivity (Wildman–Crippen MR) is 34.9 cm³/mol. The van der Waals surface area contributed by atoms with Crippen LogP contribution in [0.5, 0.6) is 0 Å². The SMILES string of the molecule is CC1(C#N)CNCCN1. The van der Waals surface area contributed by atoms with Gasteiger partial charge in [0.2, 0.25) is 0 Å². The molecule has 1 aliphatic rings. The highest BCUT2D eigenvalue weighted by atomic mass is 15.1. The molecule has 0 radical (unpaired) electrons. The first-order valence-corrected chi connectivity index (χ1v) is 3.14. The van der Waals surface area contributed by atoms with Gasteiger partial charge in [0.05, 0.1) is 6.07 Å². The maximum absolute atomic E-state index is 8.60. The predicted octanol–water partition coefficient (Wildman–Crippen LogP) is -0.539. The number of piperazine rings is 1. The second kappa shape index (κ2) is 2.34. The van der Waals surface area contributed by atoms with Crippen molar-refractivity contribution < 1.29 is 0 Å². The van der Waals surface area contributed by atoms with Crippen LogP contribution in [-0.4, -0.2) is 25.2 Å². The highest BCUT2D eigenvalue weighted by Gasteiger charge is 2.24. The first-order valence-electron chi connectivity index (χ1n) is 3.14. The van der Waals surface area contributed by atoms with Crippen molar-refractivity contribution in [2.24, 2.45) is 0 Å². The largest absolute Gasteiger partial charge is 0.313 e. The molecule has 1 atom stereocenters. The Bertz CT molecular complexity index is 130. The molecule has 0 aliphatic carbocycles. The van der Waals surface area contributed by atoms with E-state index in [1.807, 2.05) is 6.92 Å². The molecule has 50 valence electrons. The van der Waals surface area contributed by atoms with Gasteiger partial charge in [-0.05, 0) is 6.92 Å². The Kier molecular flexibility index (Phi) is 1.70. The van der Waals surface area contributed by atoms with E-state index >= 15 is 0 Å². The molecule has 9 heavy (non-hydrogen) atoms. The first kappa shape index (κ1) is 6.53. The quantitative estimate of drug-likeness (QED) is 0.457. The van der Waals surface area contributed by atoms with E-state index in [9.17, 15) is 0 Å². The van der Waals surface area contributed by atoms with Gasteiger partial charge in [-0.1, -0.05) is 0 Å². The van der Waals surface area contributed by atoms with Crippen LogP contribution in [0.1, 0.15) is 6.92 Å². The monoisotopic (exact) mass is 125 g/mol.